The third-order valence-electron chi connectivity index (χ3n) is 3.12. The molecule has 1 aromatic heterocycles. The van der Waals surface area contributed by atoms with E-state index in [0.29, 0.717) is 18.8 Å². The van der Waals surface area contributed by atoms with Gasteiger partial charge in [0.25, 0.3) is 0 Å². The van der Waals surface area contributed by atoms with E-state index in [1.165, 1.54) is 6.26 Å². The van der Waals surface area contributed by atoms with Crippen LogP contribution in [0.1, 0.15) is 12.2 Å². The van der Waals surface area contributed by atoms with Crippen LogP contribution in [0.5, 0.6) is 0 Å². The maximum absolute atomic E-state index is 11.6. The molecule has 1 aliphatic heterocycles. The second kappa shape index (κ2) is 6.89. The Hall–Kier alpha value is -2.35. The molecular formula is C13H17N3O5. The van der Waals surface area contributed by atoms with Gasteiger partial charge in [-0.2, -0.15) is 0 Å². The van der Waals surface area contributed by atoms with Crippen LogP contribution in [0.4, 0.5) is 4.79 Å². The van der Waals surface area contributed by atoms with Gasteiger partial charge in [-0.3, -0.25) is 19.8 Å². The van der Waals surface area contributed by atoms with Gasteiger partial charge in [-0.15, -0.1) is 0 Å². The minimum atomic E-state index is -0.832. The number of furan rings is 1. The van der Waals surface area contributed by atoms with Crippen LogP contribution in [0, 0.1) is 5.92 Å². The topological polar surface area (TPSA) is 112 Å². The van der Waals surface area contributed by atoms with Crippen LogP contribution in [0.25, 0.3) is 0 Å². The van der Waals surface area contributed by atoms with Crippen molar-refractivity contribution in [2.75, 3.05) is 19.6 Å². The first kappa shape index (κ1) is 15.0. The Morgan fingerprint density at radius 1 is 1.38 bits per heavy atom. The molecule has 1 aliphatic rings. The van der Waals surface area contributed by atoms with Crippen molar-refractivity contribution >= 4 is 17.9 Å². The van der Waals surface area contributed by atoms with E-state index in [2.05, 4.69) is 10.6 Å². The molecule has 1 fully saturated rings. The molecule has 21 heavy (non-hydrogen) atoms. The van der Waals surface area contributed by atoms with Gasteiger partial charge in [-0.05, 0) is 18.1 Å². The lowest BCUT2D eigenvalue weighted by molar-refractivity contribution is -0.139. The van der Waals surface area contributed by atoms with Gasteiger partial charge in [0.05, 0.1) is 25.8 Å². The molecule has 2 rings (SSSR count). The molecule has 2 heterocycles. The summed E-state index contributed by atoms with van der Waals surface area (Å²) in [6, 6.07) is 2.83. The van der Waals surface area contributed by atoms with Crippen LogP contribution in [-0.2, 0) is 16.1 Å². The van der Waals surface area contributed by atoms with Gasteiger partial charge in [0.2, 0.25) is 5.91 Å². The lowest BCUT2D eigenvalue weighted by Gasteiger charge is -2.37. The summed E-state index contributed by atoms with van der Waals surface area (Å²) in [4.78, 5) is 35.3. The van der Waals surface area contributed by atoms with Gasteiger partial charge in [0, 0.05) is 13.1 Å². The fourth-order valence-corrected chi connectivity index (χ4v) is 2.18. The van der Waals surface area contributed by atoms with Gasteiger partial charge >= 0.3 is 12.0 Å². The van der Waals surface area contributed by atoms with Gasteiger partial charge in [-0.25, -0.2) is 4.79 Å². The van der Waals surface area contributed by atoms with Crippen molar-refractivity contribution in [1.82, 2.24) is 15.5 Å². The number of aliphatic carboxylic acids is 1. The average molecular weight is 295 g/mol. The Balaban J connectivity index is 1.59. The third kappa shape index (κ3) is 4.92. The van der Waals surface area contributed by atoms with E-state index in [0.717, 1.165) is 0 Å². The summed E-state index contributed by atoms with van der Waals surface area (Å²) in [5.74, 6) is -0.568. The number of rotatable bonds is 6. The molecule has 0 saturated carbocycles. The summed E-state index contributed by atoms with van der Waals surface area (Å²) >= 11 is 0. The van der Waals surface area contributed by atoms with E-state index < -0.39 is 17.9 Å². The zero-order valence-corrected chi connectivity index (χ0v) is 11.4. The molecule has 1 saturated heterocycles. The molecule has 0 aliphatic carbocycles. The number of hydrogen-bond donors (Lipinski definition) is 3. The van der Waals surface area contributed by atoms with Crippen molar-refractivity contribution in [3.8, 4) is 0 Å². The molecule has 1 aromatic rings. The molecule has 0 atom stereocenters. The van der Waals surface area contributed by atoms with Gasteiger partial charge in [0.1, 0.15) is 5.76 Å². The van der Waals surface area contributed by atoms with Crippen LogP contribution in [0.15, 0.2) is 22.8 Å². The number of nitrogens with zero attached hydrogens (tertiary/aromatic N) is 1. The number of urea groups is 1. The first-order chi connectivity index (χ1) is 10.0. The largest absolute Gasteiger partial charge is 0.481 e. The summed E-state index contributed by atoms with van der Waals surface area (Å²) in [7, 11) is 0. The van der Waals surface area contributed by atoms with E-state index in [9.17, 15) is 14.4 Å². The number of amides is 3. The Bertz CT molecular complexity index is 508. The lowest BCUT2D eigenvalue weighted by atomic mass is 9.96. The maximum Gasteiger partial charge on any atom is 0.321 e. The number of carbonyl (C=O) groups excluding carboxylic acids is 2. The maximum atomic E-state index is 11.6. The summed E-state index contributed by atoms with van der Waals surface area (Å²) in [6.45, 7) is 1.42. The Kier molecular flexibility index (Phi) is 4.94. The second-order valence-corrected chi connectivity index (χ2v) is 4.97. The number of nitrogens with one attached hydrogen (secondary N) is 2. The molecule has 8 nitrogen and oxygen atoms in total. The molecule has 0 radical (unpaired) electrons. The molecule has 0 aromatic carbocycles. The molecule has 3 N–H and O–H groups in total. The SMILES string of the molecule is O=C(O)CC1CN(CC(=O)NC(=O)NCc2ccco2)C1. The monoisotopic (exact) mass is 295 g/mol. The molecule has 8 heteroatoms. The van der Waals surface area contributed by atoms with Crippen LogP contribution in [-0.4, -0.2) is 47.5 Å². The first-order valence-corrected chi connectivity index (χ1v) is 6.57. The highest BCUT2D eigenvalue weighted by atomic mass is 16.4. The van der Waals surface area contributed by atoms with Crippen molar-refractivity contribution in [3.05, 3.63) is 24.2 Å². The summed E-state index contributed by atoms with van der Waals surface area (Å²) in [5, 5.41) is 13.3. The zero-order chi connectivity index (χ0) is 15.2. The van der Waals surface area contributed by atoms with Gasteiger partial charge in [0.15, 0.2) is 0 Å². The van der Waals surface area contributed by atoms with Gasteiger partial charge < -0.3 is 14.8 Å². The highest BCUT2D eigenvalue weighted by Crippen LogP contribution is 2.18. The quantitative estimate of drug-likeness (QED) is 0.681. The second-order valence-electron chi connectivity index (χ2n) is 4.97. The molecule has 114 valence electrons. The smallest absolute Gasteiger partial charge is 0.321 e. The number of carbonyl (C=O) groups is 3. The fourth-order valence-electron chi connectivity index (χ4n) is 2.18. The Morgan fingerprint density at radius 2 is 2.14 bits per heavy atom. The summed E-state index contributed by atoms with van der Waals surface area (Å²) in [5.41, 5.74) is 0. The number of hydrogen-bond acceptors (Lipinski definition) is 5. The minimum absolute atomic E-state index is 0.0862. The van der Waals surface area contributed by atoms with E-state index in [1.807, 2.05) is 0 Å². The van der Waals surface area contributed by atoms with E-state index in [1.54, 1.807) is 17.0 Å². The number of imide groups is 1. The fraction of sp³-hybridized carbons (Fsp3) is 0.462. The Morgan fingerprint density at radius 3 is 2.76 bits per heavy atom. The standard InChI is InChI=1S/C13H17N3O5/c17-11(8-16-6-9(7-16)4-12(18)19)15-13(20)14-5-10-2-1-3-21-10/h1-3,9H,4-8H2,(H,18,19)(H2,14,15,17,20). The predicted molar refractivity (Wildman–Crippen MR) is 71.3 cm³/mol. The molecular weight excluding hydrogens is 278 g/mol. The van der Waals surface area contributed by atoms with Crippen LogP contribution >= 0.6 is 0 Å². The molecule has 0 spiro atoms. The van der Waals surface area contributed by atoms with Crippen molar-refractivity contribution < 1.29 is 23.9 Å². The molecule has 3 amide bonds. The number of likely N-dealkylation sites (tertiary alicyclic amines) is 1. The molecule has 0 unspecified atom stereocenters. The van der Waals surface area contributed by atoms with Gasteiger partial charge in [-0.1, -0.05) is 0 Å². The van der Waals surface area contributed by atoms with E-state index in [4.69, 9.17) is 9.52 Å². The highest BCUT2D eigenvalue weighted by Gasteiger charge is 2.29. The highest BCUT2D eigenvalue weighted by molar-refractivity contribution is 5.95. The van der Waals surface area contributed by atoms with Crippen LogP contribution in [0.3, 0.4) is 0 Å². The van der Waals surface area contributed by atoms with E-state index in [-0.39, 0.29) is 25.4 Å². The predicted octanol–water partition coefficient (Wildman–Crippen LogP) is 0.0119. The van der Waals surface area contributed by atoms with Crippen LogP contribution < -0.4 is 10.6 Å². The Labute approximate surface area is 121 Å². The van der Waals surface area contributed by atoms with Crippen molar-refractivity contribution in [2.45, 2.75) is 13.0 Å². The number of carboxylic acid groups (broad SMARTS) is 1. The van der Waals surface area contributed by atoms with Crippen molar-refractivity contribution in [2.24, 2.45) is 5.92 Å². The summed E-state index contributed by atoms with van der Waals surface area (Å²) in [6.07, 6.45) is 1.61. The van der Waals surface area contributed by atoms with Crippen molar-refractivity contribution in [1.29, 1.82) is 0 Å². The van der Waals surface area contributed by atoms with E-state index >= 15 is 0 Å². The first-order valence-electron chi connectivity index (χ1n) is 6.57. The normalized spacial score (nSPS) is 15.2. The summed E-state index contributed by atoms with van der Waals surface area (Å²) < 4.78 is 5.04. The average Bonchev–Trinajstić information content (AvgIpc) is 2.86. The van der Waals surface area contributed by atoms with Crippen molar-refractivity contribution in [3.63, 3.8) is 0 Å². The lowest BCUT2D eigenvalue weighted by Crippen LogP contribution is -2.52. The van der Waals surface area contributed by atoms with Crippen LogP contribution in [0.2, 0.25) is 0 Å². The third-order valence-corrected chi connectivity index (χ3v) is 3.12. The molecule has 0 bridgehead atoms. The minimum Gasteiger partial charge on any atom is -0.481 e. The number of carboxylic acids is 1. The zero-order valence-electron chi connectivity index (χ0n) is 11.4.